The third-order valence-electron chi connectivity index (χ3n) is 4.38. The molecule has 0 aliphatic carbocycles. The van der Waals surface area contributed by atoms with Crippen molar-refractivity contribution in [1.82, 2.24) is 14.8 Å². The quantitative estimate of drug-likeness (QED) is 0.642. The fourth-order valence-electron chi connectivity index (χ4n) is 3.09. The average molecular weight is 401 g/mol. The molecule has 3 aromatic rings. The number of aryl methyl sites for hydroxylation is 2. The Bertz CT molecular complexity index is 980. The second kappa shape index (κ2) is 8.43. The van der Waals surface area contributed by atoms with Crippen LogP contribution < -0.4 is 14.8 Å². The molecule has 0 radical (unpaired) electrons. The largest absolute Gasteiger partial charge is 0.497 e. The Kier molecular flexibility index (Phi) is 5.99. The number of carbonyl (C=O) groups is 1. The van der Waals surface area contributed by atoms with Gasteiger partial charge in [-0.2, -0.15) is 5.10 Å². The molecule has 0 saturated heterocycles. The zero-order chi connectivity index (χ0) is 20.3. The van der Waals surface area contributed by atoms with E-state index >= 15 is 0 Å². The van der Waals surface area contributed by atoms with E-state index in [2.05, 4.69) is 15.4 Å². The number of nitrogens with one attached hydrogen (secondary N) is 1. The number of methoxy groups -OCH3 is 2. The van der Waals surface area contributed by atoms with E-state index < -0.39 is 0 Å². The lowest BCUT2D eigenvalue weighted by Gasteiger charge is -2.13. The SMILES string of the molecule is COc1ccc(OC)c(-c2csc(NC(=O)C[C@H](C)n3nc(C)cc3C)n2)c1. The monoisotopic (exact) mass is 400 g/mol. The summed E-state index contributed by atoms with van der Waals surface area (Å²) in [5.74, 6) is 1.31. The first-order valence-electron chi connectivity index (χ1n) is 8.91. The fraction of sp³-hybridized carbons (Fsp3) is 0.350. The van der Waals surface area contributed by atoms with Gasteiger partial charge in [-0.05, 0) is 45.0 Å². The highest BCUT2D eigenvalue weighted by Gasteiger charge is 2.16. The fourth-order valence-corrected chi connectivity index (χ4v) is 3.81. The lowest BCUT2D eigenvalue weighted by molar-refractivity contribution is -0.116. The van der Waals surface area contributed by atoms with Crippen LogP contribution in [0.3, 0.4) is 0 Å². The van der Waals surface area contributed by atoms with Gasteiger partial charge in [0.25, 0.3) is 0 Å². The van der Waals surface area contributed by atoms with Crippen LogP contribution in [0.25, 0.3) is 11.3 Å². The van der Waals surface area contributed by atoms with Gasteiger partial charge in [0.15, 0.2) is 5.13 Å². The molecule has 1 atom stereocenters. The van der Waals surface area contributed by atoms with E-state index in [1.54, 1.807) is 14.2 Å². The molecule has 0 saturated carbocycles. The summed E-state index contributed by atoms with van der Waals surface area (Å²) in [4.78, 5) is 17.0. The first-order chi connectivity index (χ1) is 13.4. The molecule has 8 heteroatoms. The number of nitrogens with zero attached hydrogens (tertiary/aromatic N) is 3. The van der Waals surface area contributed by atoms with E-state index in [-0.39, 0.29) is 11.9 Å². The van der Waals surface area contributed by atoms with Crippen LogP contribution in [-0.2, 0) is 4.79 Å². The smallest absolute Gasteiger partial charge is 0.228 e. The van der Waals surface area contributed by atoms with Gasteiger partial charge in [-0.1, -0.05) is 0 Å². The Morgan fingerprint density at radius 3 is 2.68 bits per heavy atom. The van der Waals surface area contributed by atoms with E-state index in [0.29, 0.717) is 23.1 Å². The molecule has 0 spiro atoms. The third-order valence-corrected chi connectivity index (χ3v) is 5.13. The van der Waals surface area contributed by atoms with Crippen molar-refractivity contribution in [3.05, 3.63) is 41.0 Å². The average Bonchev–Trinajstić information content (AvgIpc) is 3.26. The predicted molar refractivity (Wildman–Crippen MR) is 110 cm³/mol. The summed E-state index contributed by atoms with van der Waals surface area (Å²) in [6.45, 7) is 5.91. The molecule has 7 nitrogen and oxygen atoms in total. The molecule has 1 N–H and O–H groups in total. The number of aromatic nitrogens is 3. The van der Waals surface area contributed by atoms with Crippen molar-refractivity contribution in [1.29, 1.82) is 0 Å². The van der Waals surface area contributed by atoms with E-state index in [1.807, 2.05) is 55.1 Å². The number of amides is 1. The van der Waals surface area contributed by atoms with Crippen LogP contribution in [0.5, 0.6) is 11.5 Å². The number of thiazole rings is 1. The highest BCUT2D eigenvalue weighted by atomic mass is 32.1. The van der Waals surface area contributed by atoms with Crippen LogP contribution in [0.15, 0.2) is 29.6 Å². The van der Waals surface area contributed by atoms with Crippen molar-refractivity contribution in [3.8, 4) is 22.8 Å². The minimum Gasteiger partial charge on any atom is -0.497 e. The number of hydrogen-bond donors (Lipinski definition) is 1. The Morgan fingerprint density at radius 2 is 2.04 bits per heavy atom. The lowest BCUT2D eigenvalue weighted by atomic mass is 10.1. The molecule has 0 unspecified atom stereocenters. The van der Waals surface area contributed by atoms with Gasteiger partial charge in [0.2, 0.25) is 5.91 Å². The van der Waals surface area contributed by atoms with Gasteiger partial charge in [-0.3, -0.25) is 9.48 Å². The Hall–Kier alpha value is -2.87. The van der Waals surface area contributed by atoms with E-state index in [1.165, 1.54) is 11.3 Å². The molecule has 1 amide bonds. The van der Waals surface area contributed by atoms with Gasteiger partial charge in [0, 0.05) is 23.1 Å². The summed E-state index contributed by atoms with van der Waals surface area (Å²) in [6.07, 6.45) is 0.319. The highest BCUT2D eigenvalue weighted by molar-refractivity contribution is 7.14. The Labute approximate surface area is 168 Å². The zero-order valence-corrected chi connectivity index (χ0v) is 17.5. The van der Waals surface area contributed by atoms with Crippen molar-refractivity contribution < 1.29 is 14.3 Å². The van der Waals surface area contributed by atoms with Crippen LogP contribution in [0.2, 0.25) is 0 Å². The molecule has 2 heterocycles. The summed E-state index contributed by atoms with van der Waals surface area (Å²) < 4.78 is 12.6. The molecule has 148 valence electrons. The topological polar surface area (TPSA) is 78.3 Å². The lowest BCUT2D eigenvalue weighted by Crippen LogP contribution is -2.19. The van der Waals surface area contributed by atoms with E-state index in [0.717, 1.165) is 22.6 Å². The van der Waals surface area contributed by atoms with Crippen molar-refractivity contribution in [2.24, 2.45) is 0 Å². The third kappa shape index (κ3) is 4.33. The van der Waals surface area contributed by atoms with Gasteiger partial charge < -0.3 is 14.8 Å². The highest BCUT2D eigenvalue weighted by Crippen LogP contribution is 2.35. The second-order valence-corrected chi connectivity index (χ2v) is 7.44. The first kappa shape index (κ1) is 19.9. The minimum atomic E-state index is -0.0986. The number of hydrogen-bond acceptors (Lipinski definition) is 6. The molecule has 2 aromatic heterocycles. The first-order valence-corrected chi connectivity index (χ1v) is 9.79. The van der Waals surface area contributed by atoms with Gasteiger partial charge in [0.1, 0.15) is 11.5 Å². The van der Waals surface area contributed by atoms with Crippen molar-refractivity contribution >= 4 is 22.4 Å². The summed E-state index contributed by atoms with van der Waals surface area (Å²) in [7, 11) is 3.23. The summed E-state index contributed by atoms with van der Waals surface area (Å²) in [5, 5.41) is 9.76. The van der Waals surface area contributed by atoms with Gasteiger partial charge in [-0.15, -0.1) is 11.3 Å². The predicted octanol–water partition coefficient (Wildman–Crippen LogP) is 4.23. The number of anilines is 1. The maximum absolute atomic E-state index is 12.5. The van der Waals surface area contributed by atoms with Crippen LogP contribution >= 0.6 is 11.3 Å². The van der Waals surface area contributed by atoms with Crippen LogP contribution in [0, 0.1) is 13.8 Å². The molecule has 0 bridgehead atoms. The van der Waals surface area contributed by atoms with Crippen molar-refractivity contribution in [2.75, 3.05) is 19.5 Å². The molecule has 0 aliphatic heterocycles. The molecule has 1 aromatic carbocycles. The standard InChI is InChI=1S/C20H24N4O3S/c1-12-8-13(2)24(23-12)14(3)9-19(25)22-20-21-17(11-28-20)16-10-15(26-4)6-7-18(16)27-5/h6-8,10-11,14H,9H2,1-5H3,(H,21,22,25)/t14-/m0/s1. The van der Waals surface area contributed by atoms with Crippen molar-refractivity contribution in [3.63, 3.8) is 0 Å². The molecular formula is C20H24N4O3S. The van der Waals surface area contributed by atoms with E-state index in [9.17, 15) is 4.79 Å². The van der Waals surface area contributed by atoms with E-state index in [4.69, 9.17) is 9.47 Å². The second-order valence-electron chi connectivity index (χ2n) is 6.58. The minimum absolute atomic E-state index is 0.0355. The maximum atomic E-state index is 12.5. The number of ether oxygens (including phenoxy) is 2. The van der Waals surface area contributed by atoms with Gasteiger partial charge in [-0.25, -0.2) is 4.98 Å². The Balaban J connectivity index is 1.71. The number of carbonyl (C=O) groups excluding carboxylic acids is 1. The maximum Gasteiger partial charge on any atom is 0.228 e. The van der Waals surface area contributed by atoms with Gasteiger partial charge >= 0.3 is 0 Å². The Morgan fingerprint density at radius 1 is 1.25 bits per heavy atom. The normalized spacial score (nSPS) is 11.9. The van der Waals surface area contributed by atoms with Crippen LogP contribution in [-0.4, -0.2) is 34.9 Å². The zero-order valence-electron chi connectivity index (χ0n) is 16.6. The van der Waals surface area contributed by atoms with Crippen LogP contribution in [0.1, 0.15) is 30.8 Å². The molecular weight excluding hydrogens is 376 g/mol. The molecule has 0 aliphatic rings. The molecule has 3 rings (SSSR count). The van der Waals surface area contributed by atoms with Crippen LogP contribution in [0.4, 0.5) is 5.13 Å². The summed E-state index contributed by atoms with van der Waals surface area (Å²) >= 11 is 1.37. The van der Waals surface area contributed by atoms with Gasteiger partial charge in [0.05, 0.1) is 31.6 Å². The molecule has 0 fully saturated rings. The summed E-state index contributed by atoms with van der Waals surface area (Å²) in [6, 6.07) is 7.50. The van der Waals surface area contributed by atoms with Crippen molar-refractivity contribution in [2.45, 2.75) is 33.2 Å². The summed E-state index contributed by atoms with van der Waals surface area (Å²) in [5.41, 5.74) is 3.53. The molecule has 28 heavy (non-hydrogen) atoms. The number of benzene rings is 1. The number of rotatable bonds is 7.